The molecule has 0 spiro atoms. The molecule has 0 aliphatic heterocycles. The molecular formula is C10H18O. The SMILES string of the molecule is C=C(C)/C=C\C(=C)OC.CC. The van der Waals surface area contributed by atoms with Gasteiger partial charge in [-0.25, -0.2) is 0 Å². The Morgan fingerprint density at radius 2 is 1.64 bits per heavy atom. The fourth-order valence-electron chi connectivity index (χ4n) is 0.303. The Morgan fingerprint density at radius 1 is 1.18 bits per heavy atom. The van der Waals surface area contributed by atoms with Crippen LogP contribution in [0.3, 0.4) is 0 Å². The molecule has 0 radical (unpaired) electrons. The summed E-state index contributed by atoms with van der Waals surface area (Å²) in [6.07, 6.45) is 3.63. The van der Waals surface area contributed by atoms with Gasteiger partial charge in [-0.15, -0.1) is 0 Å². The Labute approximate surface area is 70.1 Å². The van der Waals surface area contributed by atoms with Gasteiger partial charge in [-0.05, 0) is 13.0 Å². The molecule has 0 aliphatic rings. The third-order valence-corrected chi connectivity index (χ3v) is 0.816. The summed E-state index contributed by atoms with van der Waals surface area (Å²) in [7, 11) is 1.59. The lowest BCUT2D eigenvalue weighted by Gasteiger charge is -1.93. The van der Waals surface area contributed by atoms with E-state index in [9.17, 15) is 0 Å². The van der Waals surface area contributed by atoms with Crippen LogP contribution < -0.4 is 0 Å². The summed E-state index contributed by atoms with van der Waals surface area (Å²) in [5, 5.41) is 0. The minimum Gasteiger partial charge on any atom is -0.497 e. The zero-order valence-corrected chi connectivity index (χ0v) is 7.98. The third-order valence-electron chi connectivity index (χ3n) is 0.816. The molecule has 0 aromatic rings. The molecule has 0 aliphatic carbocycles. The maximum absolute atomic E-state index is 4.78. The van der Waals surface area contributed by atoms with Crippen LogP contribution in [-0.2, 0) is 4.74 Å². The fourth-order valence-corrected chi connectivity index (χ4v) is 0.303. The van der Waals surface area contributed by atoms with Crippen LogP contribution in [0.4, 0.5) is 0 Å². The van der Waals surface area contributed by atoms with Crippen molar-refractivity contribution in [3.63, 3.8) is 0 Å². The van der Waals surface area contributed by atoms with Gasteiger partial charge in [0.05, 0.1) is 7.11 Å². The highest BCUT2D eigenvalue weighted by Crippen LogP contribution is 1.96. The number of ether oxygens (including phenoxy) is 1. The smallest absolute Gasteiger partial charge is 0.111 e. The van der Waals surface area contributed by atoms with Gasteiger partial charge in [-0.1, -0.05) is 38.7 Å². The van der Waals surface area contributed by atoms with Crippen LogP contribution in [0.1, 0.15) is 20.8 Å². The topological polar surface area (TPSA) is 9.23 Å². The van der Waals surface area contributed by atoms with Gasteiger partial charge < -0.3 is 4.74 Å². The number of allylic oxidation sites excluding steroid dienone is 3. The summed E-state index contributed by atoms with van der Waals surface area (Å²) in [4.78, 5) is 0. The summed E-state index contributed by atoms with van der Waals surface area (Å²) in [6.45, 7) is 13.2. The maximum atomic E-state index is 4.78. The molecule has 0 rings (SSSR count). The molecule has 1 nitrogen and oxygen atoms in total. The van der Waals surface area contributed by atoms with E-state index in [1.807, 2.05) is 26.8 Å². The van der Waals surface area contributed by atoms with E-state index in [0.717, 1.165) is 5.57 Å². The Bertz CT molecular complexity index is 143. The molecule has 64 valence electrons. The summed E-state index contributed by atoms with van der Waals surface area (Å²) < 4.78 is 4.78. The van der Waals surface area contributed by atoms with Crippen molar-refractivity contribution in [1.82, 2.24) is 0 Å². The molecule has 0 atom stereocenters. The molecular weight excluding hydrogens is 136 g/mol. The molecule has 1 heteroatoms. The van der Waals surface area contributed by atoms with E-state index in [0.29, 0.717) is 5.76 Å². The fraction of sp³-hybridized carbons (Fsp3) is 0.400. The van der Waals surface area contributed by atoms with Gasteiger partial charge in [-0.2, -0.15) is 0 Å². The Balaban J connectivity index is 0. The summed E-state index contributed by atoms with van der Waals surface area (Å²) in [5.41, 5.74) is 0.994. The van der Waals surface area contributed by atoms with Crippen molar-refractivity contribution >= 4 is 0 Å². The van der Waals surface area contributed by atoms with Gasteiger partial charge in [-0.3, -0.25) is 0 Å². The van der Waals surface area contributed by atoms with E-state index in [1.54, 1.807) is 13.2 Å². The maximum Gasteiger partial charge on any atom is 0.111 e. The van der Waals surface area contributed by atoms with Crippen molar-refractivity contribution in [2.75, 3.05) is 7.11 Å². The minimum atomic E-state index is 0.651. The average Bonchev–Trinajstić information content (AvgIpc) is 2.04. The zero-order valence-electron chi connectivity index (χ0n) is 7.98. The van der Waals surface area contributed by atoms with Crippen molar-refractivity contribution in [2.24, 2.45) is 0 Å². The highest BCUT2D eigenvalue weighted by Gasteiger charge is 1.79. The Hall–Kier alpha value is -0.980. The third kappa shape index (κ3) is 12.3. The first-order chi connectivity index (χ1) is 5.16. The number of hydrogen-bond donors (Lipinski definition) is 0. The molecule has 0 fully saturated rings. The quantitative estimate of drug-likeness (QED) is 0.447. The summed E-state index contributed by atoms with van der Waals surface area (Å²) in [5.74, 6) is 0.651. The molecule has 0 aromatic carbocycles. The van der Waals surface area contributed by atoms with E-state index < -0.39 is 0 Å². The van der Waals surface area contributed by atoms with E-state index in [1.165, 1.54) is 0 Å². The lowest BCUT2D eigenvalue weighted by atomic mass is 10.3. The molecule has 0 N–H and O–H groups in total. The molecule has 0 amide bonds. The second kappa shape index (κ2) is 9.02. The molecule has 0 bridgehead atoms. The van der Waals surface area contributed by atoms with Gasteiger partial charge in [0.15, 0.2) is 0 Å². The second-order valence-electron chi connectivity index (χ2n) is 1.85. The molecule has 0 saturated carbocycles. The monoisotopic (exact) mass is 154 g/mol. The van der Waals surface area contributed by atoms with Crippen LogP contribution in [0, 0.1) is 0 Å². The first-order valence-corrected chi connectivity index (χ1v) is 3.73. The first-order valence-electron chi connectivity index (χ1n) is 3.73. The van der Waals surface area contributed by atoms with Gasteiger partial charge in [0.2, 0.25) is 0 Å². The van der Waals surface area contributed by atoms with Crippen LogP contribution >= 0.6 is 0 Å². The van der Waals surface area contributed by atoms with Crippen molar-refractivity contribution in [3.8, 4) is 0 Å². The second-order valence-corrected chi connectivity index (χ2v) is 1.85. The van der Waals surface area contributed by atoms with Crippen LogP contribution in [0.15, 0.2) is 36.6 Å². The lowest BCUT2D eigenvalue weighted by Crippen LogP contribution is -1.76. The predicted octanol–water partition coefficient (Wildman–Crippen LogP) is 3.31. The molecule has 0 heterocycles. The van der Waals surface area contributed by atoms with Crippen molar-refractivity contribution in [2.45, 2.75) is 20.8 Å². The summed E-state index contributed by atoms with van der Waals surface area (Å²) in [6, 6.07) is 0. The molecule has 0 unspecified atom stereocenters. The van der Waals surface area contributed by atoms with E-state index in [4.69, 9.17) is 4.74 Å². The normalized spacial score (nSPS) is 8.36. The zero-order chi connectivity index (χ0) is 9.28. The Morgan fingerprint density at radius 3 is 1.91 bits per heavy atom. The number of methoxy groups -OCH3 is 1. The van der Waals surface area contributed by atoms with Gasteiger partial charge in [0, 0.05) is 0 Å². The van der Waals surface area contributed by atoms with Gasteiger partial charge in [0.1, 0.15) is 5.76 Å². The average molecular weight is 154 g/mol. The van der Waals surface area contributed by atoms with E-state index in [-0.39, 0.29) is 0 Å². The number of hydrogen-bond acceptors (Lipinski definition) is 1. The van der Waals surface area contributed by atoms with Gasteiger partial charge in [0.25, 0.3) is 0 Å². The van der Waals surface area contributed by atoms with Crippen molar-refractivity contribution < 1.29 is 4.74 Å². The predicted molar refractivity (Wildman–Crippen MR) is 51.5 cm³/mol. The molecule has 0 saturated heterocycles. The molecule has 0 aromatic heterocycles. The van der Waals surface area contributed by atoms with Crippen LogP contribution in [-0.4, -0.2) is 7.11 Å². The highest BCUT2D eigenvalue weighted by molar-refractivity contribution is 5.18. The summed E-state index contributed by atoms with van der Waals surface area (Å²) >= 11 is 0. The van der Waals surface area contributed by atoms with Crippen LogP contribution in [0.2, 0.25) is 0 Å². The van der Waals surface area contributed by atoms with Crippen molar-refractivity contribution in [1.29, 1.82) is 0 Å². The van der Waals surface area contributed by atoms with E-state index in [2.05, 4.69) is 13.2 Å². The standard InChI is InChI=1S/C8H12O.C2H6/c1-7(2)5-6-8(3)9-4;1-2/h5-6H,1,3H2,2,4H3;1-2H3/b6-5-;. The van der Waals surface area contributed by atoms with Gasteiger partial charge >= 0.3 is 0 Å². The molecule has 11 heavy (non-hydrogen) atoms. The first kappa shape index (κ1) is 12.7. The van der Waals surface area contributed by atoms with E-state index >= 15 is 0 Å². The van der Waals surface area contributed by atoms with Crippen LogP contribution in [0.25, 0.3) is 0 Å². The lowest BCUT2D eigenvalue weighted by molar-refractivity contribution is 0.309. The largest absolute Gasteiger partial charge is 0.497 e. The van der Waals surface area contributed by atoms with Crippen LogP contribution in [0.5, 0.6) is 0 Å². The van der Waals surface area contributed by atoms with Crippen molar-refractivity contribution in [3.05, 3.63) is 36.6 Å². The Kier molecular flexibility index (Phi) is 10.4. The number of rotatable bonds is 3. The highest BCUT2D eigenvalue weighted by atomic mass is 16.5. The minimum absolute atomic E-state index is 0.651.